The molecule has 0 spiro atoms. The summed E-state index contributed by atoms with van der Waals surface area (Å²) < 4.78 is 0. The van der Waals surface area contributed by atoms with Crippen LogP contribution < -0.4 is 16.0 Å². The van der Waals surface area contributed by atoms with E-state index in [0.29, 0.717) is 16.5 Å². The first-order chi connectivity index (χ1) is 10.3. The minimum atomic E-state index is -0.190. The number of rotatable bonds is 3. The minimum absolute atomic E-state index is 0.190. The minimum Gasteiger partial charge on any atom is -0.338 e. The van der Waals surface area contributed by atoms with Gasteiger partial charge in [-0.1, -0.05) is 12.8 Å². The lowest BCUT2D eigenvalue weighted by molar-refractivity contribution is 0.250. The molecule has 1 aromatic heterocycles. The molecule has 1 aromatic rings. The van der Waals surface area contributed by atoms with E-state index in [0.717, 1.165) is 31.6 Å². The lowest BCUT2D eigenvalue weighted by atomic mass is 10.1. The maximum atomic E-state index is 12.0. The normalized spacial score (nSPS) is 18.0. The Morgan fingerprint density at radius 3 is 3.00 bits per heavy atom. The van der Waals surface area contributed by atoms with Crippen LogP contribution in [0.3, 0.4) is 0 Å². The van der Waals surface area contributed by atoms with Crippen molar-refractivity contribution in [2.24, 2.45) is 5.92 Å². The molecule has 1 aliphatic heterocycles. The third-order valence-corrected chi connectivity index (χ3v) is 5.44. The molecule has 3 rings (SSSR count). The standard InChI is InChI=1S/C15H20N4OS/c16-7-12-11-5-6-17-9-13(11)21-14(12)19-15(20)18-8-10-3-1-2-4-10/h10,17H,1-6,8-9H2,(H2,18,19,20). The van der Waals surface area contributed by atoms with Crippen molar-refractivity contribution >= 4 is 22.4 Å². The second-order valence-electron chi connectivity index (χ2n) is 5.73. The lowest BCUT2D eigenvalue weighted by Gasteiger charge is -2.11. The first kappa shape index (κ1) is 14.4. The number of hydrogen-bond donors (Lipinski definition) is 3. The molecule has 3 N–H and O–H groups in total. The van der Waals surface area contributed by atoms with E-state index in [1.54, 1.807) is 0 Å². The Morgan fingerprint density at radius 2 is 2.24 bits per heavy atom. The topological polar surface area (TPSA) is 77.0 Å². The number of urea groups is 1. The fraction of sp³-hybridized carbons (Fsp3) is 0.600. The van der Waals surface area contributed by atoms with Gasteiger partial charge in [-0.3, -0.25) is 5.32 Å². The van der Waals surface area contributed by atoms with Crippen molar-refractivity contribution in [2.45, 2.75) is 38.6 Å². The van der Waals surface area contributed by atoms with Gasteiger partial charge in [0.1, 0.15) is 11.1 Å². The van der Waals surface area contributed by atoms with Crippen LogP contribution in [0.5, 0.6) is 0 Å². The third-order valence-electron chi connectivity index (χ3n) is 4.29. The number of carbonyl (C=O) groups is 1. The van der Waals surface area contributed by atoms with Gasteiger partial charge in [-0.05, 0) is 37.3 Å². The summed E-state index contributed by atoms with van der Waals surface area (Å²) in [5.74, 6) is 0.618. The average Bonchev–Trinajstić information content (AvgIpc) is 3.12. The molecule has 112 valence electrons. The summed E-state index contributed by atoms with van der Waals surface area (Å²) in [4.78, 5) is 13.2. The Bertz CT molecular complexity index is 569. The van der Waals surface area contributed by atoms with Crippen LogP contribution in [0.15, 0.2) is 0 Å². The van der Waals surface area contributed by atoms with E-state index in [1.165, 1.54) is 41.9 Å². The van der Waals surface area contributed by atoms with Gasteiger partial charge in [0.05, 0.1) is 5.56 Å². The molecule has 1 aliphatic carbocycles. The van der Waals surface area contributed by atoms with Crippen molar-refractivity contribution in [3.8, 4) is 6.07 Å². The van der Waals surface area contributed by atoms with Gasteiger partial charge in [0.15, 0.2) is 0 Å². The number of nitriles is 1. The number of thiophene rings is 1. The summed E-state index contributed by atoms with van der Waals surface area (Å²) in [6.45, 7) is 2.42. The Morgan fingerprint density at radius 1 is 1.43 bits per heavy atom. The van der Waals surface area contributed by atoms with E-state index >= 15 is 0 Å². The van der Waals surface area contributed by atoms with E-state index in [4.69, 9.17) is 0 Å². The van der Waals surface area contributed by atoms with E-state index in [1.807, 2.05) is 0 Å². The van der Waals surface area contributed by atoms with Crippen LogP contribution in [-0.2, 0) is 13.0 Å². The zero-order valence-corrected chi connectivity index (χ0v) is 12.8. The maximum absolute atomic E-state index is 12.0. The van der Waals surface area contributed by atoms with Crippen LogP contribution >= 0.6 is 11.3 Å². The number of hydrogen-bond acceptors (Lipinski definition) is 4. The molecular weight excluding hydrogens is 284 g/mol. The molecule has 0 atom stereocenters. The van der Waals surface area contributed by atoms with Gasteiger partial charge in [0.25, 0.3) is 0 Å². The Balaban J connectivity index is 1.62. The molecule has 0 bridgehead atoms. The number of nitrogens with zero attached hydrogens (tertiary/aromatic N) is 1. The van der Waals surface area contributed by atoms with Crippen molar-refractivity contribution in [3.63, 3.8) is 0 Å². The molecule has 21 heavy (non-hydrogen) atoms. The summed E-state index contributed by atoms with van der Waals surface area (Å²) in [6, 6.07) is 2.06. The fourth-order valence-corrected chi connectivity index (χ4v) is 4.30. The number of amides is 2. The van der Waals surface area contributed by atoms with Crippen molar-refractivity contribution in [3.05, 3.63) is 16.0 Å². The fourth-order valence-electron chi connectivity index (χ4n) is 3.14. The first-order valence-electron chi connectivity index (χ1n) is 7.58. The first-order valence-corrected chi connectivity index (χ1v) is 8.39. The third kappa shape index (κ3) is 3.20. The zero-order valence-electron chi connectivity index (χ0n) is 12.0. The number of anilines is 1. The Labute approximate surface area is 128 Å². The van der Waals surface area contributed by atoms with E-state index in [-0.39, 0.29) is 6.03 Å². The lowest BCUT2D eigenvalue weighted by Crippen LogP contribution is -2.32. The van der Waals surface area contributed by atoms with Gasteiger partial charge in [0.2, 0.25) is 0 Å². The smallest absolute Gasteiger partial charge is 0.319 e. The predicted octanol–water partition coefficient (Wildman–Crippen LogP) is 2.58. The second kappa shape index (κ2) is 6.46. The van der Waals surface area contributed by atoms with E-state index < -0.39 is 0 Å². The summed E-state index contributed by atoms with van der Waals surface area (Å²) >= 11 is 1.52. The SMILES string of the molecule is N#Cc1c(NC(=O)NCC2CCCC2)sc2c1CCNC2. The van der Waals surface area contributed by atoms with E-state index in [2.05, 4.69) is 22.0 Å². The van der Waals surface area contributed by atoms with Gasteiger partial charge < -0.3 is 10.6 Å². The monoisotopic (exact) mass is 304 g/mol. The van der Waals surface area contributed by atoms with Crippen molar-refractivity contribution < 1.29 is 4.79 Å². The van der Waals surface area contributed by atoms with Crippen LogP contribution in [-0.4, -0.2) is 19.1 Å². The van der Waals surface area contributed by atoms with Crippen LogP contribution in [0, 0.1) is 17.2 Å². The molecule has 2 aliphatic rings. The van der Waals surface area contributed by atoms with Gasteiger partial charge in [-0.25, -0.2) is 4.79 Å². The largest absolute Gasteiger partial charge is 0.338 e. The van der Waals surface area contributed by atoms with Crippen molar-refractivity contribution in [1.82, 2.24) is 10.6 Å². The highest BCUT2D eigenvalue weighted by Gasteiger charge is 2.22. The zero-order chi connectivity index (χ0) is 14.7. The van der Waals surface area contributed by atoms with Crippen molar-refractivity contribution in [2.75, 3.05) is 18.4 Å². The molecule has 5 nitrogen and oxygen atoms in total. The molecule has 6 heteroatoms. The Kier molecular flexibility index (Phi) is 4.42. The molecule has 1 saturated carbocycles. The molecule has 2 heterocycles. The molecule has 0 radical (unpaired) electrons. The highest BCUT2D eigenvalue weighted by atomic mass is 32.1. The highest BCUT2D eigenvalue weighted by molar-refractivity contribution is 7.16. The summed E-state index contributed by atoms with van der Waals surface area (Å²) in [6.07, 6.45) is 5.83. The van der Waals surface area contributed by atoms with Gasteiger partial charge in [0, 0.05) is 18.0 Å². The number of carbonyl (C=O) groups excluding carboxylic acids is 1. The molecule has 0 saturated heterocycles. The summed E-state index contributed by atoms with van der Waals surface area (Å²) in [5, 5.41) is 19.1. The molecule has 1 fully saturated rings. The molecular formula is C15H20N4OS. The highest BCUT2D eigenvalue weighted by Crippen LogP contribution is 2.34. The second-order valence-corrected chi connectivity index (χ2v) is 6.84. The maximum Gasteiger partial charge on any atom is 0.319 e. The van der Waals surface area contributed by atoms with Gasteiger partial charge in [-0.15, -0.1) is 11.3 Å². The molecule has 0 aromatic carbocycles. The van der Waals surface area contributed by atoms with Crippen LogP contribution in [0.1, 0.15) is 41.7 Å². The summed E-state index contributed by atoms with van der Waals surface area (Å²) in [5.41, 5.74) is 1.75. The van der Waals surface area contributed by atoms with Crippen LogP contribution in [0.25, 0.3) is 0 Å². The van der Waals surface area contributed by atoms with Crippen LogP contribution in [0.4, 0.5) is 9.80 Å². The number of fused-ring (bicyclic) bond motifs is 1. The quantitative estimate of drug-likeness (QED) is 0.803. The number of nitrogens with one attached hydrogen (secondary N) is 3. The molecule has 0 unspecified atom stereocenters. The summed E-state index contributed by atoms with van der Waals surface area (Å²) in [7, 11) is 0. The Hall–Kier alpha value is -1.58. The van der Waals surface area contributed by atoms with Crippen molar-refractivity contribution in [1.29, 1.82) is 5.26 Å². The molecule has 2 amide bonds. The predicted molar refractivity (Wildman–Crippen MR) is 83.4 cm³/mol. The average molecular weight is 304 g/mol. The van der Waals surface area contributed by atoms with Crippen LogP contribution in [0.2, 0.25) is 0 Å². The van der Waals surface area contributed by atoms with Gasteiger partial charge in [-0.2, -0.15) is 5.26 Å². The van der Waals surface area contributed by atoms with Gasteiger partial charge >= 0.3 is 6.03 Å². The van der Waals surface area contributed by atoms with E-state index in [9.17, 15) is 10.1 Å².